The van der Waals surface area contributed by atoms with Crippen LogP contribution in [-0.4, -0.2) is 24.2 Å². The van der Waals surface area contributed by atoms with Crippen LogP contribution in [0.5, 0.6) is 11.5 Å². The van der Waals surface area contributed by atoms with Gasteiger partial charge in [0.05, 0.1) is 0 Å². The zero-order chi connectivity index (χ0) is 19.4. The molecule has 3 aromatic rings. The van der Waals surface area contributed by atoms with Gasteiger partial charge >= 0.3 is 5.97 Å². The summed E-state index contributed by atoms with van der Waals surface area (Å²) >= 11 is 0. The number of para-hydroxylation sites is 1. The minimum absolute atomic E-state index is 0.231. The summed E-state index contributed by atoms with van der Waals surface area (Å²) in [5.41, 5.74) is 1.80. The lowest BCUT2D eigenvalue weighted by Gasteiger charge is -2.30. The Hall–Kier alpha value is -2.79. The molecule has 0 spiro atoms. The number of piperidine rings is 1. The molecule has 3 atom stereocenters. The van der Waals surface area contributed by atoms with Gasteiger partial charge in [-0.1, -0.05) is 24.3 Å². The second-order valence-electron chi connectivity index (χ2n) is 8.48. The fourth-order valence-electron chi connectivity index (χ4n) is 5.04. The van der Waals surface area contributed by atoms with Gasteiger partial charge in [-0.05, 0) is 55.9 Å². The van der Waals surface area contributed by atoms with Crippen molar-refractivity contribution >= 4 is 16.9 Å². The van der Waals surface area contributed by atoms with Crippen molar-refractivity contribution in [3.63, 3.8) is 0 Å². The summed E-state index contributed by atoms with van der Waals surface area (Å²) < 4.78 is 17.8. The first kappa shape index (κ1) is 17.1. The van der Waals surface area contributed by atoms with E-state index in [1.807, 2.05) is 48.5 Å². The molecule has 5 heteroatoms. The predicted octanol–water partition coefficient (Wildman–Crippen LogP) is 4.34. The lowest BCUT2D eigenvalue weighted by molar-refractivity contribution is -0.137. The molecule has 2 bridgehead atoms. The average Bonchev–Trinajstić information content (AvgIpc) is 3.30. The van der Waals surface area contributed by atoms with Crippen LogP contribution in [0.2, 0.25) is 0 Å². The number of benzene rings is 2. The quantitative estimate of drug-likeness (QED) is 0.533. The van der Waals surface area contributed by atoms with Gasteiger partial charge in [-0.25, -0.2) is 0 Å². The number of fused-ring (bicyclic) bond motifs is 4. The summed E-state index contributed by atoms with van der Waals surface area (Å²) in [7, 11) is 0. The average molecular weight is 389 g/mol. The Morgan fingerprint density at radius 2 is 1.83 bits per heavy atom. The molecule has 148 valence electrons. The lowest BCUT2D eigenvalue weighted by atomic mass is 9.93. The monoisotopic (exact) mass is 389 g/mol. The Kier molecular flexibility index (Phi) is 3.91. The van der Waals surface area contributed by atoms with E-state index in [0.29, 0.717) is 30.0 Å². The summed E-state index contributed by atoms with van der Waals surface area (Å²) in [6.45, 7) is 0. The van der Waals surface area contributed by atoms with E-state index in [-0.39, 0.29) is 12.1 Å². The summed E-state index contributed by atoms with van der Waals surface area (Å²) in [5, 5.41) is 4.63. The Morgan fingerprint density at radius 1 is 1.00 bits per heavy atom. The third kappa shape index (κ3) is 3.10. The van der Waals surface area contributed by atoms with E-state index in [1.165, 1.54) is 12.8 Å². The molecule has 0 aliphatic carbocycles. The number of carbonyl (C=O) groups excluding carboxylic acids is 1. The molecule has 0 radical (unpaired) electrons. The molecule has 0 saturated carbocycles. The van der Waals surface area contributed by atoms with Crippen molar-refractivity contribution < 1.29 is 18.7 Å². The van der Waals surface area contributed by atoms with Crippen molar-refractivity contribution in [3.8, 4) is 11.5 Å². The van der Waals surface area contributed by atoms with Gasteiger partial charge in [0.2, 0.25) is 0 Å². The SMILES string of the molecule is O=C1Oc2cc(OC3CC4CCC(C3)N4)ccc2CC1c1cc2ccccc2o1. The van der Waals surface area contributed by atoms with Crippen LogP contribution in [0.3, 0.4) is 0 Å². The largest absolute Gasteiger partial charge is 0.490 e. The Balaban J connectivity index is 1.22. The summed E-state index contributed by atoms with van der Waals surface area (Å²) in [6.07, 6.45) is 5.38. The molecule has 1 N–H and O–H groups in total. The maximum absolute atomic E-state index is 12.7. The van der Waals surface area contributed by atoms with Gasteiger partial charge in [-0.2, -0.15) is 0 Å². The van der Waals surface area contributed by atoms with Crippen molar-refractivity contribution in [2.45, 2.75) is 56.2 Å². The third-order valence-electron chi connectivity index (χ3n) is 6.48. The number of hydrogen-bond donors (Lipinski definition) is 1. The first-order valence-corrected chi connectivity index (χ1v) is 10.5. The zero-order valence-corrected chi connectivity index (χ0v) is 16.1. The van der Waals surface area contributed by atoms with Crippen LogP contribution in [0.1, 0.15) is 42.9 Å². The highest BCUT2D eigenvalue weighted by molar-refractivity contribution is 5.85. The van der Waals surface area contributed by atoms with Gasteiger partial charge in [0.1, 0.15) is 34.9 Å². The third-order valence-corrected chi connectivity index (χ3v) is 6.48. The molecule has 0 amide bonds. The predicted molar refractivity (Wildman–Crippen MR) is 108 cm³/mol. The topological polar surface area (TPSA) is 60.7 Å². The van der Waals surface area contributed by atoms with Crippen molar-refractivity contribution in [2.24, 2.45) is 0 Å². The van der Waals surface area contributed by atoms with Gasteiger partial charge in [0.15, 0.2) is 0 Å². The molecule has 29 heavy (non-hydrogen) atoms. The minimum atomic E-state index is -0.415. The number of rotatable bonds is 3. The second-order valence-corrected chi connectivity index (χ2v) is 8.48. The number of nitrogens with one attached hydrogen (secondary N) is 1. The number of esters is 1. The van der Waals surface area contributed by atoms with Crippen molar-refractivity contribution in [3.05, 3.63) is 59.9 Å². The molecule has 3 unspecified atom stereocenters. The van der Waals surface area contributed by atoms with E-state index >= 15 is 0 Å². The molecular formula is C24H23NO4. The number of carbonyl (C=O) groups is 1. The number of furan rings is 1. The van der Waals surface area contributed by atoms with Crippen molar-refractivity contribution in [1.29, 1.82) is 0 Å². The molecule has 5 nitrogen and oxygen atoms in total. The smallest absolute Gasteiger partial charge is 0.322 e. The van der Waals surface area contributed by atoms with Gasteiger partial charge in [-0.15, -0.1) is 0 Å². The molecule has 4 heterocycles. The van der Waals surface area contributed by atoms with E-state index in [9.17, 15) is 4.79 Å². The van der Waals surface area contributed by atoms with Crippen LogP contribution in [0.25, 0.3) is 11.0 Å². The van der Waals surface area contributed by atoms with Crippen molar-refractivity contribution in [2.75, 3.05) is 0 Å². The van der Waals surface area contributed by atoms with Crippen LogP contribution in [-0.2, 0) is 11.2 Å². The van der Waals surface area contributed by atoms with Gasteiger partial charge < -0.3 is 19.2 Å². The lowest BCUT2D eigenvalue weighted by Crippen LogP contribution is -2.42. The maximum Gasteiger partial charge on any atom is 0.322 e. The van der Waals surface area contributed by atoms with E-state index in [4.69, 9.17) is 13.9 Å². The van der Waals surface area contributed by atoms with Crippen molar-refractivity contribution in [1.82, 2.24) is 5.32 Å². The normalized spacial score (nSPS) is 28.2. The fraction of sp³-hybridized carbons (Fsp3) is 0.375. The van der Waals surface area contributed by atoms with E-state index in [0.717, 1.165) is 35.1 Å². The van der Waals surface area contributed by atoms with Gasteiger partial charge in [-0.3, -0.25) is 4.79 Å². The standard InChI is InChI=1S/C24H23NO4/c26-24-20(23-10-14-3-1-2-4-21(14)28-23)9-15-5-8-18(13-22(15)29-24)27-19-11-16-6-7-17(12-19)25-16/h1-5,8,10,13,16-17,19-20,25H,6-7,9,11-12H2. The molecule has 1 aromatic heterocycles. The van der Waals surface area contributed by atoms with Crippen LogP contribution in [0, 0.1) is 0 Å². The Bertz CT molecular complexity index is 1040. The second kappa shape index (κ2) is 6.63. The fourth-order valence-corrected chi connectivity index (χ4v) is 5.04. The molecule has 3 aliphatic rings. The number of ether oxygens (including phenoxy) is 2. The van der Waals surface area contributed by atoms with E-state index in [1.54, 1.807) is 0 Å². The Labute approximate surface area is 169 Å². The molecule has 6 rings (SSSR count). The molecular weight excluding hydrogens is 366 g/mol. The number of hydrogen-bond acceptors (Lipinski definition) is 5. The highest BCUT2D eigenvalue weighted by Crippen LogP contribution is 2.38. The van der Waals surface area contributed by atoms with Crippen LogP contribution < -0.4 is 14.8 Å². The van der Waals surface area contributed by atoms with Gasteiger partial charge in [0.25, 0.3) is 0 Å². The van der Waals surface area contributed by atoms with Crippen LogP contribution >= 0.6 is 0 Å². The van der Waals surface area contributed by atoms with Crippen LogP contribution in [0.4, 0.5) is 0 Å². The first-order valence-electron chi connectivity index (χ1n) is 10.5. The molecule has 2 saturated heterocycles. The first-order chi connectivity index (χ1) is 14.2. The van der Waals surface area contributed by atoms with Crippen LogP contribution in [0.15, 0.2) is 52.9 Å². The van der Waals surface area contributed by atoms with E-state index in [2.05, 4.69) is 5.32 Å². The maximum atomic E-state index is 12.7. The highest BCUT2D eigenvalue weighted by atomic mass is 16.5. The summed E-state index contributed by atoms with van der Waals surface area (Å²) in [4.78, 5) is 12.7. The zero-order valence-electron chi connectivity index (χ0n) is 16.1. The molecule has 2 fully saturated rings. The van der Waals surface area contributed by atoms with Gasteiger partial charge in [0, 0.05) is 23.5 Å². The summed E-state index contributed by atoms with van der Waals surface area (Å²) in [5.74, 6) is 1.37. The Morgan fingerprint density at radius 3 is 2.66 bits per heavy atom. The minimum Gasteiger partial charge on any atom is -0.490 e. The van der Waals surface area contributed by atoms with E-state index < -0.39 is 5.92 Å². The summed E-state index contributed by atoms with van der Waals surface area (Å²) in [6, 6.07) is 16.8. The molecule has 2 aromatic carbocycles. The molecule has 3 aliphatic heterocycles. The highest BCUT2D eigenvalue weighted by Gasteiger charge is 2.35.